The second-order valence-electron chi connectivity index (χ2n) is 6.01. The highest BCUT2D eigenvalue weighted by Gasteiger charge is 2.30. The number of amides is 1. The smallest absolute Gasteiger partial charge is 0.255 e. The summed E-state index contributed by atoms with van der Waals surface area (Å²) in [5.41, 5.74) is 3.26. The van der Waals surface area contributed by atoms with Crippen LogP contribution in [0.2, 0.25) is 0 Å². The van der Waals surface area contributed by atoms with Crippen molar-refractivity contribution in [2.24, 2.45) is 0 Å². The molecule has 0 saturated carbocycles. The molecule has 0 radical (unpaired) electrons. The first-order valence-electron chi connectivity index (χ1n) is 7.64. The van der Waals surface area contributed by atoms with Gasteiger partial charge in [0, 0.05) is 47.4 Å². The Morgan fingerprint density at radius 3 is 3.09 bits per heavy atom. The predicted molar refractivity (Wildman–Crippen MR) is 88.7 cm³/mol. The van der Waals surface area contributed by atoms with Gasteiger partial charge in [-0.2, -0.15) is 5.10 Å². The lowest BCUT2D eigenvalue weighted by atomic mass is 10.1. The SMILES string of the molecule is Cc1csc(C2CCN(C(=O)c3cnc4n[nH]c(C)c4c3)C2)n1. The third-order valence-electron chi connectivity index (χ3n) is 4.31. The zero-order valence-electron chi connectivity index (χ0n) is 13.0. The van der Waals surface area contributed by atoms with Crippen molar-refractivity contribution in [2.75, 3.05) is 13.1 Å². The molecule has 0 aliphatic carbocycles. The number of carbonyl (C=O) groups is 1. The maximum atomic E-state index is 12.7. The van der Waals surface area contributed by atoms with Crippen LogP contribution in [0, 0.1) is 13.8 Å². The summed E-state index contributed by atoms with van der Waals surface area (Å²) >= 11 is 1.69. The highest BCUT2D eigenvalue weighted by atomic mass is 32.1. The number of aryl methyl sites for hydroxylation is 2. The average Bonchev–Trinajstić information content (AvgIpc) is 3.27. The highest BCUT2D eigenvalue weighted by molar-refractivity contribution is 7.09. The van der Waals surface area contributed by atoms with E-state index in [9.17, 15) is 4.79 Å². The van der Waals surface area contributed by atoms with Crippen molar-refractivity contribution in [1.29, 1.82) is 0 Å². The molecule has 4 rings (SSSR count). The van der Waals surface area contributed by atoms with Gasteiger partial charge in [0.25, 0.3) is 5.91 Å². The van der Waals surface area contributed by atoms with Crippen LogP contribution in [0.4, 0.5) is 0 Å². The summed E-state index contributed by atoms with van der Waals surface area (Å²) in [6.45, 7) is 5.44. The number of hydrogen-bond donors (Lipinski definition) is 1. The summed E-state index contributed by atoms with van der Waals surface area (Å²) in [5, 5.41) is 11.1. The zero-order chi connectivity index (χ0) is 16.0. The number of likely N-dealkylation sites (tertiary alicyclic amines) is 1. The summed E-state index contributed by atoms with van der Waals surface area (Å²) < 4.78 is 0. The van der Waals surface area contributed by atoms with Crippen LogP contribution in [0.3, 0.4) is 0 Å². The van der Waals surface area contributed by atoms with Gasteiger partial charge in [-0.1, -0.05) is 0 Å². The van der Waals surface area contributed by atoms with Crippen LogP contribution >= 0.6 is 11.3 Å². The summed E-state index contributed by atoms with van der Waals surface area (Å²) in [6.07, 6.45) is 2.59. The fourth-order valence-electron chi connectivity index (χ4n) is 3.03. The van der Waals surface area contributed by atoms with Crippen LogP contribution in [0.25, 0.3) is 11.0 Å². The first kappa shape index (κ1) is 14.3. The molecule has 0 aromatic carbocycles. The number of aromatic nitrogens is 4. The molecule has 1 fully saturated rings. The molecule has 1 saturated heterocycles. The van der Waals surface area contributed by atoms with E-state index in [1.54, 1.807) is 17.5 Å². The Kier molecular flexibility index (Phi) is 3.37. The molecule has 3 aromatic rings. The molecule has 1 N–H and O–H groups in total. The first-order valence-corrected chi connectivity index (χ1v) is 8.52. The third-order valence-corrected chi connectivity index (χ3v) is 5.43. The van der Waals surface area contributed by atoms with Gasteiger partial charge in [0.1, 0.15) is 0 Å². The Labute approximate surface area is 137 Å². The second kappa shape index (κ2) is 5.42. The van der Waals surface area contributed by atoms with E-state index in [0.29, 0.717) is 17.1 Å². The number of aromatic amines is 1. The number of pyridine rings is 1. The zero-order valence-corrected chi connectivity index (χ0v) is 13.9. The molecule has 1 amide bonds. The van der Waals surface area contributed by atoms with E-state index in [2.05, 4.69) is 25.5 Å². The Bertz CT molecular complexity index is 884. The minimum atomic E-state index is 0.0378. The fourth-order valence-corrected chi connectivity index (χ4v) is 3.95. The van der Waals surface area contributed by atoms with Crippen LogP contribution in [-0.2, 0) is 0 Å². The van der Waals surface area contributed by atoms with Crippen LogP contribution < -0.4 is 0 Å². The van der Waals surface area contributed by atoms with Gasteiger partial charge in [0.2, 0.25) is 0 Å². The van der Waals surface area contributed by atoms with Crippen LogP contribution in [0.1, 0.15) is 39.1 Å². The quantitative estimate of drug-likeness (QED) is 0.785. The molecule has 1 aliphatic heterocycles. The van der Waals surface area contributed by atoms with E-state index in [4.69, 9.17) is 0 Å². The average molecular weight is 327 g/mol. The van der Waals surface area contributed by atoms with Gasteiger partial charge >= 0.3 is 0 Å². The Morgan fingerprint density at radius 1 is 1.43 bits per heavy atom. The van der Waals surface area contributed by atoms with Crippen molar-refractivity contribution in [3.8, 4) is 0 Å². The molecule has 23 heavy (non-hydrogen) atoms. The van der Waals surface area contributed by atoms with E-state index in [-0.39, 0.29) is 5.91 Å². The van der Waals surface area contributed by atoms with E-state index in [1.807, 2.05) is 24.8 Å². The summed E-state index contributed by atoms with van der Waals surface area (Å²) in [4.78, 5) is 23.5. The monoisotopic (exact) mass is 327 g/mol. The number of fused-ring (bicyclic) bond motifs is 1. The van der Waals surface area contributed by atoms with Crippen LogP contribution in [-0.4, -0.2) is 44.1 Å². The molecule has 1 atom stereocenters. The molecular formula is C16H17N5OS. The van der Waals surface area contributed by atoms with Crippen molar-refractivity contribution in [1.82, 2.24) is 25.1 Å². The van der Waals surface area contributed by atoms with Crippen molar-refractivity contribution in [3.05, 3.63) is 39.6 Å². The molecule has 1 unspecified atom stereocenters. The van der Waals surface area contributed by atoms with E-state index in [1.165, 1.54) is 0 Å². The number of H-pyrrole nitrogens is 1. The molecular weight excluding hydrogens is 310 g/mol. The standard InChI is InChI=1S/C16H17N5OS/c1-9-8-23-15(18-9)11-3-4-21(7-11)16(22)12-5-13-10(2)19-20-14(13)17-6-12/h5-6,8,11H,3-4,7H2,1-2H3,(H,17,19,20). The van der Waals surface area contributed by atoms with Crippen molar-refractivity contribution in [3.63, 3.8) is 0 Å². The van der Waals surface area contributed by atoms with Crippen LogP contribution in [0.15, 0.2) is 17.6 Å². The van der Waals surface area contributed by atoms with Crippen LogP contribution in [0.5, 0.6) is 0 Å². The van der Waals surface area contributed by atoms with Gasteiger partial charge in [-0.15, -0.1) is 11.3 Å². The molecule has 0 bridgehead atoms. The second-order valence-corrected chi connectivity index (χ2v) is 6.90. The Hall–Kier alpha value is -2.28. The van der Waals surface area contributed by atoms with Gasteiger partial charge in [-0.05, 0) is 26.3 Å². The van der Waals surface area contributed by atoms with Gasteiger partial charge in [0.05, 0.1) is 10.6 Å². The third kappa shape index (κ3) is 2.50. The largest absolute Gasteiger partial charge is 0.338 e. The van der Waals surface area contributed by atoms with Gasteiger partial charge in [-0.3, -0.25) is 9.89 Å². The molecule has 7 heteroatoms. The maximum absolute atomic E-state index is 12.7. The minimum absolute atomic E-state index is 0.0378. The minimum Gasteiger partial charge on any atom is -0.338 e. The van der Waals surface area contributed by atoms with Gasteiger partial charge < -0.3 is 4.90 Å². The molecule has 118 valence electrons. The Morgan fingerprint density at radius 2 is 2.30 bits per heavy atom. The first-order chi connectivity index (χ1) is 11.1. The van der Waals surface area contributed by atoms with Crippen molar-refractivity contribution >= 4 is 28.3 Å². The summed E-state index contributed by atoms with van der Waals surface area (Å²) in [7, 11) is 0. The van der Waals surface area contributed by atoms with Crippen molar-refractivity contribution < 1.29 is 4.79 Å². The highest BCUT2D eigenvalue weighted by Crippen LogP contribution is 2.30. The number of carbonyl (C=O) groups excluding carboxylic acids is 1. The number of hydrogen-bond acceptors (Lipinski definition) is 5. The number of rotatable bonds is 2. The summed E-state index contributed by atoms with van der Waals surface area (Å²) in [5.74, 6) is 0.390. The predicted octanol–water partition coefficient (Wildman–Crippen LogP) is 2.66. The number of thiazole rings is 1. The topological polar surface area (TPSA) is 74.8 Å². The number of nitrogens with one attached hydrogen (secondary N) is 1. The summed E-state index contributed by atoms with van der Waals surface area (Å²) in [6, 6.07) is 1.88. The van der Waals surface area contributed by atoms with Crippen molar-refractivity contribution in [2.45, 2.75) is 26.2 Å². The fraction of sp³-hybridized carbons (Fsp3) is 0.375. The number of nitrogens with zero attached hydrogens (tertiary/aromatic N) is 4. The normalized spacial score (nSPS) is 18.0. The molecule has 0 spiro atoms. The molecule has 6 nitrogen and oxygen atoms in total. The lowest BCUT2D eigenvalue weighted by molar-refractivity contribution is 0.0790. The maximum Gasteiger partial charge on any atom is 0.255 e. The van der Waals surface area contributed by atoms with E-state index in [0.717, 1.165) is 41.3 Å². The molecule has 1 aliphatic rings. The Balaban J connectivity index is 1.55. The van der Waals surface area contributed by atoms with Gasteiger partial charge in [-0.25, -0.2) is 9.97 Å². The van der Waals surface area contributed by atoms with Gasteiger partial charge in [0.15, 0.2) is 5.65 Å². The van der Waals surface area contributed by atoms with E-state index < -0.39 is 0 Å². The lowest BCUT2D eigenvalue weighted by Crippen LogP contribution is -2.28. The molecule has 3 aromatic heterocycles. The lowest BCUT2D eigenvalue weighted by Gasteiger charge is -2.16. The molecule has 4 heterocycles. The van der Waals surface area contributed by atoms with E-state index >= 15 is 0 Å².